The Morgan fingerprint density at radius 3 is 2.25 bits per heavy atom. The number of aldehydes is 1. The highest BCUT2D eigenvalue weighted by Crippen LogP contribution is 2.26. The van der Waals surface area contributed by atoms with Gasteiger partial charge in [-0.15, -0.1) is 0 Å². The third-order valence-corrected chi connectivity index (χ3v) is 3.85. The molecule has 2 aromatic carbocycles. The van der Waals surface area contributed by atoms with Crippen molar-refractivity contribution < 1.29 is 22.5 Å². The average Bonchev–Trinajstić information content (AvgIpc) is 2.47. The minimum Gasteiger partial charge on any atom is -0.381 e. The Morgan fingerprint density at radius 2 is 1.60 bits per heavy atom. The van der Waals surface area contributed by atoms with E-state index in [4.69, 9.17) is 4.18 Å². The van der Waals surface area contributed by atoms with Gasteiger partial charge in [-0.1, -0.05) is 36.4 Å². The van der Waals surface area contributed by atoms with Crippen molar-refractivity contribution in [2.24, 2.45) is 0 Å². The first-order chi connectivity index (χ1) is 9.54. The Morgan fingerprint density at radius 1 is 1.00 bits per heavy atom. The summed E-state index contributed by atoms with van der Waals surface area (Å²) in [4.78, 5) is 10.6. The van der Waals surface area contributed by atoms with Gasteiger partial charge >= 0.3 is 10.1 Å². The second-order valence-corrected chi connectivity index (χ2v) is 5.52. The highest BCUT2D eigenvalue weighted by molar-refractivity contribution is 7.87. The van der Waals surface area contributed by atoms with Crippen LogP contribution in [0.2, 0.25) is 0 Å². The van der Waals surface area contributed by atoms with Gasteiger partial charge in [-0.25, -0.2) is 0 Å². The maximum absolute atomic E-state index is 12.1. The summed E-state index contributed by atoms with van der Waals surface area (Å²) in [5, 5.41) is 9.53. The molecule has 1 N–H and O–H groups in total. The molecular formula is C14H12O5S. The molecule has 0 bridgehead atoms. The van der Waals surface area contributed by atoms with Crippen molar-refractivity contribution in [3.8, 4) is 5.75 Å². The van der Waals surface area contributed by atoms with Crippen LogP contribution < -0.4 is 4.18 Å². The monoisotopic (exact) mass is 292 g/mol. The largest absolute Gasteiger partial charge is 0.381 e. The summed E-state index contributed by atoms with van der Waals surface area (Å²) in [5.74, 6) is -0.0732. The van der Waals surface area contributed by atoms with Crippen molar-refractivity contribution >= 4 is 16.4 Å². The average molecular weight is 292 g/mol. The Bertz CT molecular complexity index is 695. The molecular weight excluding hydrogens is 280 g/mol. The summed E-state index contributed by atoms with van der Waals surface area (Å²) in [7, 11) is -4.00. The van der Waals surface area contributed by atoms with E-state index in [1.54, 1.807) is 30.3 Å². The number of carbonyl (C=O) groups excluding carboxylic acids is 1. The molecule has 0 heterocycles. The van der Waals surface area contributed by atoms with E-state index in [9.17, 15) is 18.3 Å². The lowest BCUT2D eigenvalue weighted by atomic mass is 10.1. The maximum Gasteiger partial charge on any atom is 0.339 e. The molecule has 1 unspecified atom stereocenters. The first-order valence-corrected chi connectivity index (χ1v) is 7.17. The summed E-state index contributed by atoms with van der Waals surface area (Å²) in [6.45, 7) is 0. The molecule has 0 saturated heterocycles. The van der Waals surface area contributed by atoms with Crippen LogP contribution in [0.1, 0.15) is 11.7 Å². The van der Waals surface area contributed by atoms with Gasteiger partial charge < -0.3 is 14.1 Å². The summed E-state index contributed by atoms with van der Waals surface area (Å²) in [6, 6.07) is 13.6. The van der Waals surface area contributed by atoms with Crippen LogP contribution in [0.5, 0.6) is 5.75 Å². The van der Waals surface area contributed by atoms with Crippen LogP contribution in [0.15, 0.2) is 59.5 Å². The molecule has 0 spiro atoms. The van der Waals surface area contributed by atoms with Gasteiger partial charge in [0.05, 0.1) is 0 Å². The van der Waals surface area contributed by atoms with E-state index in [2.05, 4.69) is 0 Å². The Hall–Kier alpha value is -2.18. The second-order valence-electron chi connectivity index (χ2n) is 3.97. The van der Waals surface area contributed by atoms with E-state index in [-0.39, 0.29) is 16.2 Å². The second kappa shape index (κ2) is 5.85. The Kier molecular flexibility index (Phi) is 4.16. The number of benzene rings is 2. The SMILES string of the molecule is O=CC(O)c1ccccc1OS(=O)(=O)c1ccccc1. The summed E-state index contributed by atoms with van der Waals surface area (Å²) in [5.41, 5.74) is 0.0991. The van der Waals surface area contributed by atoms with Gasteiger partial charge in [0.15, 0.2) is 6.29 Å². The quantitative estimate of drug-likeness (QED) is 0.670. The van der Waals surface area contributed by atoms with E-state index < -0.39 is 16.2 Å². The predicted molar refractivity (Wildman–Crippen MR) is 71.7 cm³/mol. The van der Waals surface area contributed by atoms with E-state index >= 15 is 0 Å². The number of hydrogen-bond acceptors (Lipinski definition) is 5. The molecule has 2 rings (SSSR count). The fourth-order valence-corrected chi connectivity index (χ4v) is 2.60. The van der Waals surface area contributed by atoms with E-state index in [1.165, 1.54) is 24.3 Å². The number of hydrogen-bond donors (Lipinski definition) is 1. The van der Waals surface area contributed by atoms with Gasteiger partial charge in [-0.2, -0.15) is 8.42 Å². The van der Waals surface area contributed by atoms with Crippen LogP contribution in [0.4, 0.5) is 0 Å². The zero-order valence-corrected chi connectivity index (χ0v) is 11.2. The highest BCUT2D eigenvalue weighted by atomic mass is 32.2. The van der Waals surface area contributed by atoms with Crippen LogP contribution in [0.3, 0.4) is 0 Å². The fraction of sp³-hybridized carbons (Fsp3) is 0.0714. The summed E-state index contributed by atoms with van der Waals surface area (Å²) < 4.78 is 29.1. The minimum atomic E-state index is -4.00. The van der Waals surface area contributed by atoms with Gasteiger partial charge in [0.2, 0.25) is 0 Å². The minimum absolute atomic E-state index is 0.00426. The van der Waals surface area contributed by atoms with Gasteiger partial charge in [-0.05, 0) is 18.2 Å². The number of aliphatic hydroxyl groups is 1. The van der Waals surface area contributed by atoms with E-state index in [0.717, 1.165) is 0 Å². The third-order valence-electron chi connectivity index (χ3n) is 2.60. The lowest BCUT2D eigenvalue weighted by molar-refractivity contribution is -0.115. The molecule has 0 aliphatic heterocycles. The lowest BCUT2D eigenvalue weighted by Crippen LogP contribution is -2.12. The van der Waals surface area contributed by atoms with Gasteiger partial charge in [0.25, 0.3) is 0 Å². The predicted octanol–water partition coefficient (Wildman–Crippen LogP) is 1.69. The molecule has 0 radical (unpaired) electrons. The van der Waals surface area contributed by atoms with Crippen molar-refractivity contribution in [3.05, 3.63) is 60.2 Å². The number of carbonyl (C=O) groups is 1. The van der Waals surface area contributed by atoms with Crippen LogP contribution in [-0.4, -0.2) is 19.8 Å². The summed E-state index contributed by atoms with van der Waals surface area (Å²) >= 11 is 0. The zero-order chi connectivity index (χ0) is 14.6. The molecule has 0 saturated carbocycles. The number of para-hydroxylation sites is 1. The lowest BCUT2D eigenvalue weighted by Gasteiger charge is -2.12. The molecule has 0 aliphatic carbocycles. The van der Waals surface area contributed by atoms with Crippen molar-refractivity contribution in [3.63, 3.8) is 0 Å². The summed E-state index contributed by atoms with van der Waals surface area (Å²) in [6.07, 6.45) is -1.13. The van der Waals surface area contributed by atoms with Crippen molar-refractivity contribution in [1.29, 1.82) is 0 Å². The molecule has 5 nitrogen and oxygen atoms in total. The molecule has 0 fully saturated rings. The number of rotatable bonds is 5. The van der Waals surface area contributed by atoms with Gasteiger partial charge in [0.1, 0.15) is 16.7 Å². The van der Waals surface area contributed by atoms with Crippen molar-refractivity contribution in [2.75, 3.05) is 0 Å². The smallest absolute Gasteiger partial charge is 0.339 e. The molecule has 1 atom stereocenters. The van der Waals surface area contributed by atoms with E-state index in [0.29, 0.717) is 6.29 Å². The van der Waals surface area contributed by atoms with Crippen LogP contribution in [0.25, 0.3) is 0 Å². The first kappa shape index (κ1) is 14.2. The zero-order valence-electron chi connectivity index (χ0n) is 10.3. The van der Waals surface area contributed by atoms with Crippen molar-refractivity contribution in [2.45, 2.75) is 11.0 Å². The fourth-order valence-electron chi connectivity index (χ4n) is 1.63. The first-order valence-electron chi connectivity index (χ1n) is 5.76. The van der Waals surface area contributed by atoms with Gasteiger partial charge in [-0.3, -0.25) is 0 Å². The number of aliphatic hydroxyl groups excluding tert-OH is 1. The topological polar surface area (TPSA) is 80.7 Å². The Labute approximate surface area is 116 Å². The molecule has 104 valence electrons. The highest BCUT2D eigenvalue weighted by Gasteiger charge is 2.20. The van der Waals surface area contributed by atoms with Crippen molar-refractivity contribution in [1.82, 2.24) is 0 Å². The maximum atomic E-state index is 12.1. The molecule has 0 aliphatic rings. The van der Waals surface area contributed by atoms with Gasteiger partial charge in [0, 0.05) is 5.56 Å². The Balaban J connectivity index is 2.38. The standard InChI is InChI=1S/C14H12O5S/c15-10-13(16)12-8-4-5-9-14(12)19-20(17,18)11-6-2-1-3-7-11/h1-10,13,16H. The normalized spacial score (nSPS) is 12.7. The molecule has 20 heavy (non-hydrogen) atoms. The molecule has 0 aromatic heterocycles. The molecule has 0 amide bonds. The van der Waals surface area contributed by atoms with Crippen LogP contribution >= 0.6 is 0 Å². The molecule has 2 aromatic rings. The third kappa shape index (κ3) is 3.04. The van der Waals surface area contributed by atoms with Crippen LogP contribution in [0, 0.1) is 0 Å². The molecule has 6 heteroatoms. The van der Waals surface area contributed by atoms with Crippen LogP contribution in [-0.2, 0) is 14.9 Å². The van der Waals surface area contributed by atoms with E-state index in [1.807, 2.05) is 0 Å².